The summed E-state index contributed by atoms with van der Waals surface area (Å²) in [5.41, 5.74) is 10.6. The van der Waals surface area contributed by atoms with Crippen LogP contribution in [0.2, 0.25) is 0 Å². The molecule has 0 atom stereocenters. The molecule has 1 fully saturated rings. The molecule has 37 heavy (non-hydrogen) atoms. The van der Waals surface area contributed by atoms with Gasteiger partial charge in [-0.05, 0) is 68.2 Å². The normalized spacial score (nSPS) is 13.6. The van der Waals surface area contributed by atoms with Gasteiger partial charge >= 0.3 is 6.01 Å². The van der Waals surface area contributed by atoms with E-state index in [1.165, 1.54) is 12.8 Å². The number of H-pyrrole nitrogens is 1. The Bertz CT molecular complexity index is 1390. The lowest BCUT2D eigenvalue weighted by Gasteiger charge is -2.14. The van der Waals surface area contributed by atoms with Gasteiger partial charge in [-0.15, -0.1) is 0 Å². The highest BCUT2D eigenvalue weighted by atomic mass is 16.5. The number of nitrogens with zero attached hydrogens (tertiary/aromatic N) is 3. The van der Waals surface area contributed by atoms with Gasteiger partial charge in [0.2, 0.25) is 0 Å². The number of fused-ring (bicyclic) bond motifs is 1. The number of carbonyl (C=O) groups excluding carboxylic acids is 1. The SMILES string of the molecule is N=C(N)c1c[nH]c2ccc(CCNC(=O)c3ccc(-c4ccnc(OCCN5CCCC5)n4)cc3)cc12. The average Bonchev–Trinajstić information content (AvgIpc) is 3.59. The Labute approximate surface area is 215 Å². The van der Waals surface area contributed by atoms with E-state index < -0.39 is 0 Å². The molecule has 5 N–H and O–H groups in total. The van der Waals surface area contributed by atoms with Crippen molar-refractivity contribution in [2.75, 3.05) is 32.8 Å². The number of hydrogen-bond donors (Lipinski definition) is 4. The molecule has 1 aliphatic rings. The van der Waals surface area contributed by atoms with Crippen LogP contribution in [0.1, 0.15) is 34.3 Å². The third kappa shape index (κ3) is 5.95. The van der Waals surface area contributed by atoms with Crippen molar-refractivity contribution in [3.63, 3.8) is 0 Å². The first-order valence-corrected chi connectivity index (χ1v) is 12.6. The van der Waals surface area contributed by atoms with Crippen molar-refractivity contribution < 1.29 is 9.53 Å². The second kappa shape index (κ2) is 11.2. The van der Waals surface area contributed by atoms with Gasteiger partial charge in [-0.25, -0.2) is 4.98 Å². The van der Waals surface area contributed by atoms with Gasteiger partial charge in [0.15, 0.2) is 0 Å². The topological polar surface area (TPSA) is 133 Å². The molecule has 2 aromatic heterocycles. The number of nitrogen functional groups attached to an aromatic ring is 1. The summed E-state index contributed by atoms with van der Waals surface area (Å²) in [6, 6.07) is 15.5. The smallest absolute Gasteiger partial charge is 0.316 e. The molecular formula is C28H31N7O2. The Kier molecular flexibility index (Phi) is 7.41. The zero-order valence-electron chi connectivity index (χ0n) is 20.7. The Morgan fingerprint density at radius 2 is 1.95 bits per heavy atom. The maximum atomic E-state index is 12.7. The highest BCUT2D eigenvalue weighted by Crippen LogP contribution is 2.21. The third-order valence-electron chi connectivity index (χ3n) is 6.65. The van der Waals surface area contributed by atoms with Crippen LogP contribution < -0.4 is 15.8 Å². The van der Waals surface area contributed by atoms with E-state index >= 15 is 0 Å². The van der Waals surface area contributed by atoms with Crippen LogP contribution in [0.15, 0.2) is 60.9 Å². The van der Waals surface area contributed by atoms with Crippen molar-refractivity contribution in [3.8, 4) is 17.3 Å². The van der Waals surface area contributed by atoms with Crippen molar-refractivity contribution in [2.45, 2.75) is 19.3 Å². The van der Waals surface area contributed by atoms with Gasteiger partial charge in [0.25, 0.3) is 5.91 Å². The first kappa shape index (κ1) is 24.5. The van der Waals surface area contributed by atoms with E-state index in [1.807, 2.05) is 36.4 Å². The number of amidine groups is 1. The van der Waals surface area contributed by atoms with Crippen LogP contribution in [0.25, 0.3) is 22.2 Å². The molecule has 1 saturated heterocycles. The van der Waals surface area contributed by atoms with Gasteiger partial charge in [-0.1, -0.05) is 18.2 Å². The van der Waals surface area contributed by atoms with Crippen LogP contribution in [-0.4, -0.2) is 64.4 Å². The Hall–Kier alpha value is -4.24. The minimum atomic E-state index is -0.132. The highest BCUT2D eigenvalue weighted by molar-refractivity contribution is 6.07. The fraction of sp³-hybridized carbons (Fsp3) is 0.286. The van der Waals surface area contributed by atoms with Gasteiger partial charge in [0.05, 0.1) is 5.69 Å². The summed E-state index contributed by atoms with van der Waals surface area (Å²) < 4.78 is 5.76. The molecular weight excluding hydrogens is 466 g/mol. The van der Waals surface area contributed by atoms with Crippen LogP contribution in [-0.2, 0) is 6.42 Å². The number of nitrogens with one attached hydrogen (secondary N) is 3. The van der Waals surface area contributed by atoms with Gasteiger partial charge in [0, 0.05) is 53.1 Å². The zero-order chi connectivity index (χ0) is 25.6. The number of hydrogen-bond acceptors (Lipinski definition) is 6. The summed E-state index contributed by atoms with van der Waals surface area (Å²) in [7, 11) is 0. The second-order valence-electron chi connectivity index (χ2n) is 9.20. The quantitative estimate of drug-likeness (QED) is 0.196. The lowest BCUT2D eigenvalue weighted by Crippen LogP contribution is -2.25. The van der Waals surface area contributed by atoms with Crippen molar-refractivity contribution in [3.05, 3.63) is 77.6 Å². The summed E-state index contributed by atoms with van der Waals surface area (Å²) in [5, 5.41) is 11.6. The molecule has 0 bridgehead atoms. The molecule has 0 saturated carbocycles. The van der Waals surface area contributed by atoms with E-state index in [2.05, 4.69) is 25.2 Å². The number of carbonyl (C=O) groups is 1. The van der Waals surface area contributed by atoms with Crippen LogP contribution >= 0.6 is 0 Å². The van der Waals surface area contributed by atoms with Crippen molar-refractivity contribution in [2.24, 2.45) is 5.73 Å². The predicted molar refractivity (Wildman–Crippen MR) is 144 cm³/mol. The minimum absolute atomic E-state index is 0.0309. The molecule has 9 heteroatoms. The molecule has 0 spiro atoms. The van der Waals surface area contributed by atoms with E-state index in [4.69, 9.17) is 15.9 Å². The largest absolute Gasteiger partial charge is 0.462 e. The van der Waals surface area contributed by atoms with E-state index in [9.17, 15) is 4.79 Å². The van der Waals surface area contributed by atoms with E-state index in [-0.39, 0.29) is 11.7 Å². The maximum absolute atomic E-state index is 12.7. The Morgan fingerprint density at radius 3 is 2.73 bits per heavy atom. The van der Waals surface area contributed by atoms with E-state index in [0.717, 1.165) is 47.4 Å². The Morgan fingerprint density at radius 1 is 1.14 bits per heavy atom. The van der Waals surface area contributed by atoms with Crippen LogP contribution in [0, 0.1) is 5.41 Å². The third-order valence-corrected chi connectivity index (χ3v) is 6.65. The lowest BCUT2D eigenvalue weighted by atomic mass is 10.1. The lowest BCUT2D eigenvalue weighted by molar-refractivity contribution is 0.0954. The summed E-state index contributed by atoms with van der Waals surface area (Å²) >= 11 is 0. The summed E-state index contributed by atoms with van der Waals surface area (Å²) in [6.07, 6.45) is 6.62. The number of benzene rings is 2. The van der Waals surface area contributed by atoms with E-state index in [0.29, 0.717) is 36.7 Å². The summed E-state index contributed by atoms with van der Waals surface area (Å²) in [6.45, 7) is 4.22. The average molecular weight is 498 g/mol. The van der Waals surface area contributed by atoms with Crippen LogP contribution in [0.4, 0.5) is 0 Å². The number of amides is 1. The van der Waals surface area contributed by atoms with Gasteiger partial charge in [-0.3, -0.25) is 15.1 Å². The predicted octanol–water partition coefficient (Wildman–Crippen LogP) is 3.36. The number of nitrogens with two attached hydrogens (primary N) is 1. The van der Waals surface area contributed by atoms with Gasteiger partial charge < -0.3 is 20.8 Å². The fourth-order valence-corrected chi connectivity index (χ4v) is 4.60. The highest BCUT2D eigenvalue weighted by Gasteiger charge is 2.12. The number of aromatic nitrogens is 3. The van der Waals surface area contributed by atoms with Gasteiger partial charge in [0.1, 0.15) is 12.4 Å². The molecule has 3 heterocycles. The first-order valence-electron chi connectivity index (χ1n) is 12.6. The molecule has 4 aromatic rings. The van der Waals surface area contributed by atoms with Crippen molar-refractivity contribution in [1.29, 1.82) is 5.41 Å². The standard InChI is InChI=1S/C28H31N7O2/c29-26(30)23-18-33-25-8-3-19(17-22(23)25)9-11-31-27(36)21-6-4-20(5-7-21)24-10-12-32-28(34-24)37-16-15-35-13-1-2-14-35/h3-8,10,12,17-18,33H,1-2,9,11,13-16H2,(H3,29,30)(H,31,36). The van der Waals surface area contributed by atoms with Crippen LogP contribution in [0.3, 0.4) is 0 Å². The maximum Gasteiger partial charge on any atom is 0.316 e. The second-order valence-corrected chi connectivity index (χ2v) is 9.20. The van der Waals surface area contributed by atoms with Crippen LogP contribution in [0.5, 0.6) is 6.01 Å². The molecule has 0 radical (unpaired) electrons. The van der Waals surface area contributed by atoms with E-state index in [1.54, 1.807) is 24.5 Å². The molecule has 1 amide bonds. The molecule has 0 unspecified atom stereocenters. The fourth-order valence-electron chi connectivity index (χ4n) is 4.60. The minimum Gasteiger partial charge on any atom is -0.462 e. The number of rotatable bonds is 10. The molecule has 190 valence electrons. The zero-order valence-corrected chi connectivity index (χ0v) is 20.7. The number of ether oxygens (including phenoxy) is 1. The summed E-state index contributed by atoms with van der Waals surface area (Å²) in [5.74, 6) is -0.101. The van der Waals surface area contributed by atoms with Crippen molar-refractivity contribution >= 4 is 22.6 Å². The summed E-state index contributed by atoms with van der Waals surface area (Å²) in [4.78, 5) is 26.9. The molecule has 0 aliphatic carbocycles. The monoisotopic (exact) mass is 497 g/mol. The number of aromatic amines is 1. The van der Waals surface area contributed by atoms with Gasteiger partial charge in [-0.2, -0.15) is 4.98 Å². The molecule has 9 nitrogen and oxygen atoms in total. The van der Waals surface area contributed by atoms with Crippen molar-refractivity contribution in [1.82, 2.24) is 25.2 Å². The Balaban J connectivity index is 1.14. The molecule has 2 aromatic carbocycles. The first-order chi connectivity index (χ1) is 18.1. The molecule has 1 aliphatic heterocycles. The number of likely N-dealkylation sites (tertiary alicyclic amines) is 1. The molecule has 5 rings (SSSR count).